The molecule has 3 heterocycles. The molecule has 1 N–H and O–H groups in total. The third-order valence-electron chi connectivity index (χ3n) is 3.73. The number of hydrogen-bond acceptors (Lipinski definition) is 4. The van der Waals surface area contributed by atoms with Crippen LogP contribution in [0.3, 0.4) is 0 Å². The summed E-state index contributed by atoms with van der Waals surface area (Å²) in [5.74, 6) is 0. The highest BCUT2D eigenvalue weighted by Crippen LogP contribution is 2.46. The third kappa shape index (κ3) is 2.19. The topological polar surface area (TPSA) is 47.9 Å². The van der Waals surface area contributed by atoms with Crippen molar-refractivity contribution in [1.29, 1.82) is 0 Å². The fraction of sp³-hybridized carbons (Fsp3) is 0.833. The quantitative estimate of drug-likeness (QED) is 0.629. The highest BCUT2D eigenvalue weighted by molar-refractivity contribution is 9.10. The molecule has 17 heavy (non-hydrogen) atoms. The number of hydrogen-bond donors (Lipinski definition) is 1. The van der Waals surface area contributed by atoms with E-state index < -0.39 is 6.10 Å². The molecular formula is C12H17BrO4. The molecule has 0 aromatic rings. The Balaban J connectivity index is 1.55. The summed E-state index contributed by atoms with van der Waals surface area (Å²) in [5.41, 5.74) is 0. The van der Waals surface area contributed by atoms with Crippen LogP contribution >= 0.6 is 15.9 Å². The molecule has 2 fully saturated rings. The molecule has 4 nitrogen and oxygen atoms in total. The Labute approximate surface area is 109 Å². The van der Waals surface area contributed by atoms with Crippen molar-refractivity contribution < 1.29 is 19.3 Å². The summed E-state index contributed by atoms with van der Waals surface area (Å²) in [6.07, 6.45) is 5.91. The van der Waals surface area contributed by atoms with Gasteiger partial charge in [-0.1, -0.05) is 28.1 Å². The van der Waals surface area contributed by atoms with Crippen molar-refractivity contribution in [3.8, 4) is 0 Å². The largest absolute Gasteiger partial charge is 0.392 e. The van der Waals surface area contributed by atoms with E-state index in [1.54, 1.807) is 0 Å². The van der Waals surface area contributed by atoms with Gasteiger partial charge in [0.15, 0.2) is 6.29 Å². The molecule has 0 radical (unpaired) electrons. The predicted molar refractivity (Wildman–Crippen MR) is 65.0 cm³/mol. The lowest BCUT2D eigenvalue weighted by atomic mass is 9.87. The second-order valence-corrected chi connectivity index (χ2v) is 6.35. The van der Waals surface area contributed by atoms with Gasteiger partial charge in [-0.2, -0.15) is 0 Å². The van der Waals surface area contributed by atoms with E-state index >= 15 is 0 Å². The number of rotatable bonds is 4. The van der Waals surface area contributed by atoms with Crippen LogP contribution in [0.25, 0.3) is 0 Å². The van der Waals surface area contributed by atoms with Crippen molar-refractivity contribution in [1.82, 2.24) is 0 Å². The van der Waals surface area contributed by atoms with E-state index in [4.69, 9.17) is 14.2 Å². The van der Waals surface area contributed by atoms with Gasteiger partial charge in [-0.25, -0.2) is 0 Å². The average molecular weight is 305 g/mol. The Kier molecular flexibility index (Phi) is 3.30. The van der Waals surface area contributed by atoms with Crippen LogP contribution in [-0.4, -0.2) is 47.2 Å². The molecule has 3 aliphatic rings. The molecule has 0 spiro atoms. The number of ether oxygens (including phenoxy) is 3. The van der Waals surface area contributed by atoms with Gasteiger partial charge in [-0.3, -0.25) is 0 Å². The number of aliphatic hydroxyl groups is 1. The smallest absolute Gasteiger partial charge is 0.157 e. The summed E-state index contributed by atoms with van der Waals surface area (Å²) in [7, 11) is 0. The zero-order chi connectivity index (χ0) is 11.9. The summed E-state index contributed by atoms with van der Waals surface area (Å²) in [4.78, 5) is 0. The number of fused-ring (bicyclic) bond motifs is 2. The van der Waals surface area contributed by atoms with Crippen molar-refractivity contribution in [2.24, 2.45) is 0 Å². The first-order chi connectivity index (χ1) is 8.18. The molecule has 2 bridgehead atoms. The lowest BCUT2D eigenvalue weighted by Crippen LogP contribution is -2.43. The van der Waals surface area contributed by atoms with Crippen molar-refractivity contribution >= 4 is 15.9 Å². The first-order valence-corrected chi connectivity index (χ1v) is 6.92. The van der Waals surface area contributed by atoms with Gasteiger partial charge >= 0.3 is 0 Å². The van der Waals surface area contributed by atoms with Crippen LogP contribution in [0.1, 0.15) is 19.3 Å². The predicted octanol–water partition coefficient (Wildman–Crippen LogP) is 1.36. The summed E-state index contributed by atoms with van der Waals surface area (Å²) in [6, 6.07) is 0. The summed E-state index contributed by atoms with van der Waals surface area (Å²) in [6.45, 7) is 1.33. The number of alkyl halides is 1. The van der Waals surface area contributed by atoms with Crippen molar-refractivity contribution in [2.75, 3.05) is 13.2 Å². The Morgan fingerprint density at radius 3 is 2.71 bits per heavy atom. The minimum absolute atomic E-state index is 0.00656. The maximum absolute atomic E-state index is 10.3. The van der Waals surface area contributed by atoms with E-state index in [1.165, 1.54) is 0 Å². The van der Waals surface area contributed by atoms with Gasteiger partial charge in [0.2, 0.25) is 0 Å². The molecule has 0 aromatic heterocycles. The van der Waals surface area contributed by atoms with Crippen LogP contribution in [0.5, 0.6) is 0 Å². The Morgan fingerprint density at radius 1 is 1.35 bits per heavy atom. The third-order valence-corrected chi connectivity index (χ3v) is 5.03. The fourth-order valence-electron chi connectivity index (χ4n) is 2.75. The van der Waals surface area contributed by atoms with Gasteiger partial charge in [0, 0.05) is 6.42 Å². The zero-order valence-corrected chi connectivity index (χ0v) is 11.1. The summed E-state index contributed by atoms with van der Waals surface area (Å²) in [5, 5.41) is 10.3. The second kappa shape index (κ2) is 4.63. The highest BCUT2D eigenvalue weighted by atomic mass is 79.9. The lowest BCUT2D eigenvalue weighted by Gasteiger charge is -2.32. The summed E-state index contributed by atoms with van der Waals surface area (Å²) < 4.78 is 16.1. The maximum atomic E-state index is 10.3. The molecule has 0 saturated carbocycles. The van der Waals surface area contributed by atoms with Gasteiger partial charge in [-0.15, -0.1) is 0 Å². The molecule has 4 atom stereocenters. The molecule has 3 rings (SSSR count). The summed E-state index contributed by atoms with van der Waals surface area (Å²) >= 11 is 3.67. The molecule has 2 saturated heterocycles. The van der Waals surface area contributed by atoms with Gasteiger partial charge < -0.3 is 19.3 Å². The first kappa shape index (κ1) is 12.1. The van der Waals surface area contributed by atoms with Gasteiger partial charge in [0.05, 0.1) is 35.8 Å². The van der Waals surface area contributed by atoms with Crippen LogP contribution in [0.2, 0.25) is 0 Å². The Bertz CT molecular complexity index is 316. The SMILES string of the molecule is O[C@@H](CCC1OCCO1)[C@@]1(Br)C[C@@H]2C=C[C@H]1O2. The maximum Gasteiger partial charge on any atom is 0.157 e. The first-order valence-electron chi connectivity index (χ1n) is 6.12. The highest BCUT2D eigenvalue weighted by Gasteiger charge is 2.52. The number of halogens is 1. The number of aliphatic hydroxyl groups excluding tert-OH is 1. The monoisotopic (exact) mass is 304 g/mol. The Hall–Kier alpha value is 0.0600. The van der Waals surface area contributed by atoms with E-state index in [-0.39, 0.29) is 22.8 Å². The lowest BCUT2D eigenvalue weighted by molar-refractivity contribution is -0.0566. The van der Waals surface area contributed by atoms with Crippen LogP contribution < -0.4 is 0 Å². The average Bonchev–Trinajstić information content (AvgIpc) is 3.01. The molecular weight excluding hydrogens is 288 g/mol. The molecule has 5 heteroatoms. The van der Waals surface area contributed by atoms with E-state index in [9.17, 15) is 5.11 Å². The van der Waals surface area contributed by atoms with Crippen molar-refractivity contribution in [2.45, 2.75) is 48.2 Å². The van der Waals surface area contributed by atoms with Crippen molar-refractivity contribution in [3.05, 3.63) is 12.2 Å². The fourth-order valence-corrected chi connectivity index (χ4v) is 3.56. The van der Waals surface area contributed by atoms with Crippen LogP contribution in [0.4, 0.5) is 0 Å². The van der Waals surface area contributed by atoms with Crippen LogP contribution in [0.15, 0.2) is 12.2 Å². The van der Waals surface area contributed by atoms with Crippen molar-refractivity contribution in [3.63, 3.8) is 0 Å². The van der Waals surface area contributed by atoms with E-state index in [2.05, 4.69) is 22.0 Å². The van der Waals surface area contributed by atoms with Gasteiger partial charge in [0.25, 0.3) is 0 Å². The van der Waals surface area contributed by atoms with E-state index in [0.717, 1.165) is 12.8 Å². The molecule has 0 aromatic carbocycles. The van der Waals surface area contributed by atoms with Gasteiger partial charge in [0.1, 0.15) is 0 Å². The molecule has 0 amide bonds. The standard InChI is InChI=1S/C12H17BrO4/c13-12(7-8-1-3-10(12)17-8)9(14)2-4-11-15-5-6-16-11/h1,3,8-11,14H,2,4-7H2/t8-,9-,10+,12-/m0/s1. The zero-order valence-electron chi connectivity index (χ0n) is 9.55. The van der Waals surface area contributed by atoms with E-state index in [0.29, 0.717) is 19.6 Å². The van der Waals surface area contributed by atoms with E-state index in [1.807, 2.05) is 6.08 Å². The Morgan fingerprint density at radius 2 is 2.12 bits per heavy atom. The molecule has 0 unspecified atom stereocenters. The second-order valence-electron chi connectivity index (χ2n) is 4.88. The van der Waals surface area contributed by atoms with Gasteiger partial charge in [-0.05, 0) is 12.8 Å². The minimum atomic E-state index is -0.435. The van der Waals surface area contributed by atoms with Crippen LogP contribution in [0, 0.1) is 0 Å². The molecule has 0 aliphatic carbocycles. The minimum Gasteiger partial charge on any atom is -0.392 e. The molecule has 96 valence electrons. The normalized spacial score (nSPS) is 42.5. The molecule has 3 aliphatic heterocycles. The van der Waals surface area contributed by atoms with Crippen LogP contribution in [-0.2, 0) is 14.2 Å².